The van der Waals surface area contributed by atoms with E-state index in [4.69, 9.17) is 0 Å². The molecule has 5 nitrogen and oxygen atoms in total. The van der Waals surface area contributed by atoms with Crippen LogP contribution in [0.2, 0.25) is 0 Å². The van der Waals surface area contributed by atoms with Crippen LogP contribution in [0.15, 0.2) is 36.8 Å². The number of nitrogens with zero attached hydrogens (tertiary/aromatic N) is 2. The Bertz CT molecular complexity index is 569. The summed E-state index contributed by atoms with van der Waals surface area (Å²) >= 11 is 0. The monoisotopic (exact) mass is 256 g/mol. The lowest BCUT2D eigenvalue weighted by molar-refractivity contribution is 0.0963. The second kappa shape index (κ2) is 5.95. The third-order valence-corrected chi connectivity index (χ3v) is 2.83. The van der Waals surface area contributed by atoms with E-state index < -0.39 is 0 Å². The molecule has 0 aliphatic rings. The summed E-state index contributed by atoms with van der Waals surface area (Å²) in [5, 5.41) is 5.89. The van der Waals surface area contributed by atoms with E-state index in [0.717, 1.165) is 16.9 Å². The van der Waals surface area contributed by atoms with E-state index in [-0.39, 0.29) is 5.91 Å². The van der Waals surface area contributed by atoms with Crippen molar-refractivity contribution in [2.24, 2.45) is 0 Å². The first kappa shape index (κ1) is 13.0. The van der Waals surface area contributed by atoms with E-state index in [9.17, 15) is 4.79 Å². The van der Waals surface area contributed by atoms with Crippen molar-refractivity contribution in [3.05, 3.63) is 53.6 Å². The average molecular weight is 256 g/mol. The molecule has 0 atom stereocenters. The number of rotatable bonds is 4. The minimum atomic E-state index is -0.0925. The summed E-state index contributed by atoms with van der Waals surface area (Å²) < 4.78 is 0. The van der Waals surface area contributed by atoms with Crippen LogP contribution in [0.1, 0.15) is 21.6 Å². The molecule has 2 aromatic rings. The van der Waals surface area contributed by atoms with Crippen LogP contribution < -0.4 is 10.6 Å². The first-order valence-corrected chi connectivity index (χ1v) is 6.02. The summed E-state index contributed by atoms with van der Waals surface area (Å²) in [6.45, 7) is 2.59. The van der Waals surface area contributed by atoms with Gasteiger partial charge < -0.3 is 10.6 Å². The van der Waals surface area contributed by atoms with Gasteiger partial charge in [0.05, 0.1) is 12.2 Å². The van der Waals surface area contributed by atoms with Gasteiger partial charge in [-0.15, -0.1) is 0 Å². The Morgan fingerprint density at radius 3 is 2.84 bits per heavy atom. The number of hydrogen-bond acceptors (Lipinski definition) is 4. The zero-order chi connectivity index (χ0) is 13.7. The van der Waals surface area contributed by atoms with Gasteiger partial charge in [0.15, 0.2) is 0 Å². The third kappa shape index (κ3) is 3.28. The van der Waals surface area contributed by atoms with Crippen LogP contribution in [0.25, 0.3) is 0 Å². The van der Waals surface area contributed by atoms with E-state index in [0.29, 0.717) is 12.1 Å². The maximum Gasteiger partial charge on any atom is 0.251 e. The van der Waals surface area contributed by atoms with Crippen LogP contribution in [0, 0.1) is 6.92 Å². The summed E-state index contributed by atoms with van der Waals surface area (Å²) in [5.41, 5.74) is 3.56. The van der Waals surface area contributed by atoms with Crippen LogP contribution >= 0.6 is 0 Å². The first-order chi connectivity index (χ1) is 9.20. The van der Waals surface area contributed by atoms with Gasteiger partial charge in [-0.3, -0.25) is 4.79 Å². The summed E-state index contributed by atoms with van der Waals surface area (Å²) in [4.78, 5) is 19.6. The minimum Gasteiger partial charge on any atom is -0.379 e. The summed E-state index contributed by atoms with van der Waals surface area (Å²) in [7, 11) is 1.62. The standard InChI is InChI=1S/C14H16N4O/c1-10-3-4-11(14(19)15-2)7-13(10)17-8-12-5-6-16-9-18-12/h3-7,9,17H,8H2,1-2H3,(H,15,19). The minimum absolute atomic E-state index is 0.0925. The Morgan fingerprint density at radius 1 is 1.32 bits per heavy atom. The molecule has 0 aliphatic heterocycles. The maximum absolute atomic E-state index is 11.6. The molecule has 0 fully saturated rings. The van der Waals surface area contributed by atoms with Gasteiger partial charge in [-0.2, -0.15) is 0 Å². The molecule has 1 heterocycles. The highest BCUT2D eigenvalue weighted by Gasteiger charge is 2.06. The molecule has 0 radical (unpaired) electrons. The van der Waals surface area contributed by atoms with Crippen molar-refractivity contribution < 1.29 is 4.79 Å². The largest absolute Gasteiger partial charge is 0.379 e. The number of aromatic nitrogens is 2. The van der Waals surface area contributed by atoms with Gasteiger partial charge in [0, 0.05) is 24.5 Å². The predicted molar refractivity (Wildman–Crippen MR) is 73.9 cm³/mol. The van der Waals surface area contributed by atoms with E-state index in [2.05, 4.69) is 20.6 Å². The molecule has 0 saturated heterocycles. The number of anilines is 1. The molecule has 0 unspecified atom stereocenters. The number of benzene rings is 1. The lowest BCUT2D eigenvalue weighted by Gasteiger charge is -2.10. The molecule has 98 valence electrons. The molecule has 2 N–H and O–H groups in total. The zero-order valence-electron chi connectivity index (χ0n) is 11.0. The third-order valence-electron chi connectivity index (χ3n) is 2.83. The number of aryl methyl sites for hydroxylation is 1. The normalized spacial score (nSPS) is 10.0. The van der Waals surface area contributed by atoms with E-state index in [1.54, 1.807) is 13.2 Å². The smallest absolute Gasteiger partial charge is 0.251 e. The fourth-order valence-electron chi connectivity index (χ4n) is 1.71. The second-order valence-corrected chi connectivity index (χ2v) is 4.16. The zero-order valence-corrected chi connectivity index (χ0v) is 11.0. The molecule has 19 heavy (non-hydrogen) atoms. The van der Waals surface area contributed by atoms with Gasteiger partial charge in [0.1, 0.15) is 6.33 Å². The molecule has 1 aromatic heterocycles. The average Bonchev–Trinajstić information content (AvgIpc) is 2.46. The Hall–Kier alpha value is -2.43. The summed E-state index contributed by atoms with van der Waals surface area (Å²) in [6.07, 6.45) is 3.22. The summed E-state index contributed by atoms with van der Waals surface area (Å²) in [6, 6.07) is 7.43. The number of carbonyl (C=O) groups excluding carboxylic acids is 1. The van der Waals surface area contributed by atoms with Gasteiger partial charge in [0.2, 0.25) is 0 Å². The lowest BCUT2D eigenvalue weighted by Crippen LogP contribution is -2.18. The van der Waals surface area contributed by atoms with Crippen molar-refractivity contribution in [1.82, 2.24) is 15.3 Å². The SMILES string of the molecule is CNC(=O)c1ccc(C)c(NCc2ccncn2)c1. The Labute approximate surface area is 112 Å². The molecular formula is C14H16N4O. The Kier molecular flexibility index (Phi) is 4.07. The van der Waals surface area contributed by atoms with Gasteiger partial charge in [0.25, 0.3) is 5.91 Å². The number of nitrogens with one attached hydrogen (secondary N) is 2. The van der Waals surface area contributed by atoms with Gasteiger partial charge in [-0.1, -0.05) is 6.07 Å². The van der Waals surface area contributed by atoms with E-state index >= 15 is 0 Å². The molecule has 0 saturated carbocycles. The van der Waals surface area contributed by atoms with Crippen LogP contribution in [0.4, 0.5) is 5.69 Å². The number of hydrogen-bond donors (Lipinski definition) is 2. The van der Waals surface area contributed by atoms with Crippen molar-refractivity contribution in [2.75, 3.05) is 12.4 Å². The van der Waals surface area contributed by atoms with Crippen LogP contribution in [0.5, 0.6) is 0 Å². The highest BCUT2D eigenvalue weighted by molar-refractivity contribution is 5.95. The van der Waals surface area contributed by atoms with E-state index in [1.807, 2.05) is 31.2 Å². The molecule has 1 aromatic carbocycles. The second-order valence-electron chi connectivity index (χ2n) is 4.16. The van der Waals surface area contributed by atoms with Crippen molar-refractivity contribution in [1.29, 1.82) is 0 Å². The van der Waals surface area contributed by atoms with Crippen molar-refractivity contribution >= 4 is 11.6 Å². The first-order valence-electron chi connectivity index (χ1n) is 6.02. The Morgan fingerprint density at radius 2 is 2.16 bits per heavy atom. The van der Waals surface area contributed by atoms with Crippen LogP contribution in [-0.4, -0.2) is 22.9 Å². The Balaban J connectivity index is 2.13. The quantitative estimate of drug-likeness (QED) is 0.874. The van der Waals surface area contributed by atoms with Crippen molar-refractivity contribution in [2.45, 2.75) is 13.5 Å². The van der Waals surface area contributed by atoms with Crippen molar-refractivity contribution in [3.8, 4) is 0 Å². The molecule has 0 aliphatic carbocycles. The van der Waals surface area contributed by atoms with Crippen molar-refractivity contribution in [3.63, 3.8) is 0 Å². The highest BCUT2D eigenvalue weighted by Crippen LogP contribution is 2.17. The molecule has 5 heteroatoms. The topological polar surface area (TPSA) is 66.9 Å². The molecular weight excluding hydrogens is 240 g/mol. The lowest BCUT2D eigenvalue weighted by atomic mass is 10.1. The van der Waals surface area contributed by atoms with Gasteiger partial charge in [-0.25, -0.2) is 9.97 Å². The fraction of sp³-hybridized carbons (Fsp3) is 0.214. The molecule has 2 rings (SSSR count). The fourth-order valence-corrected chi connectivity index (χ4v) is 1.71. The van der Waals surface area contributed by atoms with E-state index in [1.165, 1.54) is 6.33 Å². The number of amides is 1. The van der Waals surface area contributed by atoms with Crippen LogP contribution in [-0.2, 0) is 6.54 Å². The van der Waals surface area contributed by atoms with Gasteiger partial charge >= 0.3 is 0 Å². The molecule has 0 spiro atoms. The molecule has 0 bridgehead atoms. The predicted octanol–water partition coefficient (Wildman–Crippen LogP) is 1.76. The maximum atomic E-state index is 11.6. The van der Waals surface area contributed by atoms with Crippen LogP contribution in [0.3, 0.4) is 0 Å². The molecule has 1 amide bonds. The highest BCUT2D eigenvalue weighted by atomic mass is 16.1. The summed E-state index contributed by atoms with van der Waals surface area (Å²) in [5.74, 6) is -0.0925. The number of carbonyl (C=O) groups is 1. The van der Waals surface area contributed by atoms with Gasteiger partial charge in [-0.05, 0) is 30.7 Å².